The van der Waals surface area contributed by atoms with Crippen LogP contribution in [0.4, 0.5) is 0 Å². The van der Waals surface area contributed by atoms with E-state index < -0.39 is 11.9 Å². The second kappa shape index (κ2) is 6.36. The number of carbonyl (C=O) groups is 2. The molecule has 0 spiro atoms. The molecule has 1 atom stereocenters. The van der Waals surface area contributed by atoms with Crippen molar-refractivity contribution < 1.29 is 24.2 Å². The molecule has 1 amide bonds. The predicted octanol–water partition coefficient (Wildman–Crippen LogP) is 2.48. The number of aliphatic carboxylic acids is 1. The molecule has 4 rings (SSSR count). The van der Waals surface area contributed by atoms with Crippen LogP contribution in [0.25, 0.3) is 10.6 Å². The van der Waals surface area contributed by atoms with Crippen LogP contribution in [0.2, 0.25) is 0 Å². The van der Waals surface area contributed by atoms with Crippen LogP contribution in [-0.2, 0) is 4.79 Å². The summed E-state index contributed by atoms with van der Waals surface area (Å²) >= 11 is 1.38. The molecule has 1 aromatic carbocycles. The maximum atomic E-state index is 12.6. The number of likely N-dealkylation sites (tertiary alicyclic amines) is 1. The van der Waals surface area contributed by atoms with E-state index in [1.165, 1.54) is 11.3 Å². The van der Waals surface area contributed by atoms with Gasteiger partial charge in [-0.2, -0.15) is 0 Å². The van der Waals surface area contributed by atoms with Crippen molar-refractivity contribution >= 4 is 23.2 Å². The van der Waals surface area contributed by atoms with Crippen LogP contribution >= 0.6 is 11.3 Å². The second-order valence-electron chi connectivity index (χ2n) is 6.03. The third-order valence-electron chi connectivity index (χ3n) is 4.40. The fourth-order valence-electron chi connectivity index (χ4n) is 3.06. The molecule has 1 N–H and O–H groups in total. The average Bonchev–Trinajstić information content (AvgIpc) is 3.29. The number of rotatable bonds is 3. The van der Waals surface area contributed by atoms with E-state index in [9.17, 15) is 9.59 Å². The van der Waals surface area contributed by atoms with Gasteiger partial charge < -0.3 is 19.5 Å². The van der Waals surface area contributed by atoms with Gasteiger partial charge in [0.25, 0.3) is 5.91 Å². The molecule has 130 valence electrons. The Morgan fingerprint density at radius 2 is 2.12 bits per heavy atom. The Morgan fingerprint density at radius 1 is 1.28 bits per heavy atom. The van der Waals surface area contributed by atoms with E-state index in [1.54, 1.807) is 10.3 Å². The highest BCUT2D eigenvalue weighted by Gasteiger charge is 2.29. The van der Waals surface area contributed by atoms with Gasteiger partial charge in [-0.05, 0) is 31.0 Å². The van der Waals surface area contributed by atoms with Crippen molar-refractivity contribution in [2.45, 2.75) is 12.8 Å². The summed E-state index contributed by atoms with van der Waals surface area (Å²) in [6.45, 7) is 1.02. The standard InChI is InChI=1S/C17H16N2O5S/c20-16(19-5-1-2-11(7-19)17(21)22)12-8-25-15(18-12)10-3-4-13-14(6-10)24-9-23-13/h3-4,6,8,11H,1-2,5,7,9H2,(H,21,22). The highest BCUT2D eigenvalue weighted by Crippen LogP contribution is 2.36. The first-order chi connectivity index (χ1) is 12.1. The quantitative estimate of drug-likeness (QED) is 0.904. The maximum Gasteiger partial charge on any atom is 0.308 e. The van der Waals surface area contributed by atoms with Gasteiger partial charge in [0.05, 0.1) is 5.92 Å². The predicted molar refractivity (Wildman–Crippen MR) is 89.9 cm³/mol. The second-order valence-corrected chi connectivity index (χ2v) is 6.89. The monoisotopic (exact) mass is 360 g/mol. The smallest absolute Gasteiger partial charge is 0.308 e. The zero-order valence-corrected chi connectivity index (χ0v) is 14.1. The molecule has 1 unspecified atom stereocenters. The number of aromatic nitrogens is 1. The van der Waals surface area contributed by atoms with Gasteiger partial charge in [0.1, 0.15) is 10.7 Å². The highest BCUT2D eigenvalue weighted by atomic mass is 32.1. The lowest BCUT2D eigenvalue weighted by Gasteiger charge is -2.30. The van der Waals surface area contributed by atoms with Crippen LogP contribution in [0.15, 0.2) is 23.6 Å². The van der Waals surface area contributed by atoms with Gasteiger partial charge in [0.2, 0.25) is 6.79 Å². The largest absolute Gasteiger partial charge is 0.481 e. The normalized spacial score (nSPS) is 19.0. The number of nitrogens with zero attached hydrogens (tertiary/aromatic N) is 2. The van der Waals surface area contributed by atoms with E-state index >= 15 is 0 Å². The van der Waals surface area contributed by atoms with Crippen LogP contribution < -0.4 is 9.47 Å². The topological polar surface area (TPSA) is 89.0 Å². The van der Waals surface area contributed by atoms with E-state index in [0.717, 1.165) is 5.56 Å². The number of amides is 1. The first-order valence-electron chi connectivity index (χ1n) is 7.99. The molecule has 25 heavy (non-hydrogen) atoms. The number of carboxylic acid groups (broad SMARTS) is 1. The number of thiazole rings is 1. The average molecular weight is 360 g/mol. The molecule has 1 aromatic heterocycles. The van der Waals surface area contributed by atoms with Gasteiger partial charge in [0.15, 0.2) is 11.5 Å². The Balaban J connectivity index is 1.52. The third-order valence-corrected chi connectivity index (χ3v) is 5.29. The van der Waals surface area contributed by atoms with E-state index in [2.05, 4.69) is 4.98 Å². The Morgan fingerprint density at radius 3 is 2.96 bits per heavy atom. The Labute approximate surface area is 147 Å². The Hall–Kier alpha value is -2.61. The third kappa shape index (κ3) is 3.05. The molecule has 2 aromatic rings. The molecule has 1 fully saturated rings. The van der Waals surface area contributed by atoms with Crippen molar-refractivity contribution in [2.75, 3.05) is 19.9 Å². The molecule has 0 bridgehead atoms. The summed E-state index contributed by atoms with van der Waals surface area (Å²) in [5.41, 5.74) is 1.21. The van der Waals surface area contributed by atoms with Crippen LogP contribution in [0.5, 0.6) is 11.5 Å². The summed E-state index contributed by atoms with van der Waals surface area (Å²) < 4.78 is 10.7. The maximum absolute atomic E-state index is 12.6. The van der Waals surface area contributed by atoms with E-state index in [0.29, 0.717) is 41.6 Å². The molecule has 2 aliphatic heterocycles. The van der Waals surface area contributed by atoms with Gasteiger partial charge in [0, 0.05) is 24.0 Å². The van der Waals surface area contributed by atoms with Gasteiger partial charge >= 0.3 is 5.97 Å². The number of fused-ring (bicyclic) bond motifs is 1. The van der Waals surface area contributed by atoms with Crippen molar-refractivity contribution in [3.8, 4) is 22.1 Å². The lowest BCUT2D eigenvalue weighted by atomic mass is 9.98. The summed E-state index contributed by atoms with van der Waals surface area (Å²) in [6, 6.07) is 5.54. The first-order valence-corrected chi connectivity index (χ1v) is 8.87. The van der Waals surface area contributed by atoms with Gasteiger partial charge in [-0.25, -0.2) is 4.98 Å². The molecular formula is C17H16N2O5S. The molecule has 2 aliphatic rings. The lowest BCUT2D eigenvalue weighted by Crippen LogP contribution is -2.42. The van der Waals surface area contributed by atoms with E-state index in [1.807, 2.05) is 18.2 Å². The molecule has 1 saturated heterocycles. The fourth-order valence-corrected chi connectivity index (χ4v) is 3.85. The number of piperidine rings is 1. The van der Waals surface area contributed by atoms with Crippen molar-refractivity contribution in [2.24, 2.45) is 5.92 Å². The zero-order valence-electron chi connectivity index (χ0n) is 13.3. The minimum absolute atomic E-state index is 0.208. The number of benzene rings is 1. The molecule has 0 saturated carbocycles. The number of ether oxygens (including phenoxy) is 2. The van der Waals surface area contributed by atoms with Gasteiger partial charge in [-0.1, -0.05) is 0 Å². The van der Waals surface area contributed by atoms with Crippen molar-refractivity contribution in [1.29, 1.82) is 0 Å². The summed E-state index contributed by atoms with van der Waals surface area (Å²) in [5, 5.41) is 11.6. The summed E-state index contributed by atoms with van der Waals surface area (Å²) in [7, 11) is 0. The first kappa shape index (κ1) is 15.9. The lowest BCUT2D eigenvalue weighted by molar-refractivity contribution is -0.143. The van der Waals surface area contributed by atoms with Crippen LogP contribution in [0.3, 0.4) is 0 Å². The molecular weight excluding hydrogens is 344 g/mol. The van der Waals surface area contributed by atoms with Crippen molar-refractivity contribution in [3.63, 3.8) is 0 Å². The van der Waals surface area contributed by atoms with Crippen LogP contribution in [-0.4, -0.2) is 46.7 Å². The fraction of sp³-hybridized carbons (Fsp3) is 0.353. The van der Waals surface area contributed by atoms with E-state index in [4.69, 9.17) is 14.6 Å². The van der Waals surface area contributed by atoms with Crippen molar-refractivity contribution in [3.05, 3.63) is 29.3 Å². The molecule has 8 heteroatoms. The molecule has 3 heterocycles. The van der Waals surface area contributed by atoms with Gasteiger partial charge in [-0.3, -0.25) is 9.59 Å². The van der Waals surface area contributed by atoms with Gasteiger partial charge in [-0.15, -0.1) is 11.3 Å². The number of hydrogen-bond acceptors (Lipinski definition) is 6. The number of hydrogen-bond donors (Lipinski definition) is 1. The van der Waals surface area contributed by atoms with Crippen LogP contribution in [0, 0.1) is 5.92 Å². The summed E-state index contributed by atoms with van der Waals surface area (Å²) in [4.78, 5) is 29.8. The molecule has 0 aliphatic carbocycles. The summed E-state index contributed by atoms with van der Waals surface area (Å²) in [5.74, 6) is -0.193. The minimum atomic E-state index is -0.850. The minimum Gasteiger partial charge on any atom is -0.481 e. The van der Waals surface area contributed by atoms with E-state index in [-0.39, 0.29) is 19.2 Å². The SMILES string of the molecule is O=C(O)C1CCCN(C(=O)c2csc(-c3ccc4c(c3)OCO4)n2)C1. The molecule has 0 radical (unpaired) electrons. The van der Waals surface area contributed by atoms with Crippen LogP contribution in [0.1, 0.15) is 23.3 Å². The molecule has 7 nitrogen and oxygen atoms in total. The highest BCUT2D eigenvalue weighted by molar-refractivity contribution is 7.13. The number of carboxylic acids is 1. The zero-order chi connectivity index (χ0) is 17.4. The Bertz CT molecular complexity index is 834. The number of carbonyl (C=O) groups excluding carboxylic acids is 1. The van der Waals surface area contributed by atoms with Crippen molar-refractivity contribution in [1.82, 2.24) is 9.88 Å². The summed E-state index contributed by atoms with van der Waals surface area (Å²) in [6.07, 6.45) is 1.31. The Kier molecular flexibility index (Phi) is 4.04.